The van der Waals surface area contributed by atoms with Crippen molar-refractivity contribution in [2.45, 2.75) is 19.9 Å². The van der Waals surface area contributed by atoms with Gasteiger partial charge in [-0.25, -0.2) is 0 Å². The van der Waals surface area contributed by atoms with Gasteiger partial charge in [0.2, 0.25) is 0 Å². The average molecular weight is 279 g/mol. The maximum Gasteiger partial charge on any atom is 0.193 e. The summed E-state index contributed by atoms with van der Waals surface area (Å²) in [7, 11) is 0. The van der Waals surface area contributed by atoms with E-state index in [0.29, 0.717) is 12.5 Å². The summed E-state index contributed by atoms with van der Waals surface area (Å²) in [6.45, 7) is 3.34. The Labute approximate surface area is 115 Å². The van der Waals surface area contributed by atoms with Gasteiger partial charge < -0.3 is 16.8 Å². The molecule has 1 rings (SSSR count). The van der Waals surface area contributed by atoms with Crippen molar-refractivity contribution in [3.63, 3.8) is 0 Å². The second kappa shape index (κ2) is 10.2. The number of benzene rings is 1. The molecule has 0 aliphatic carbocycles. The summed E-state index contributed by atoms with van der Waals surface area (Å²) in [5.74, 6) is 0.450. The number of anilines is 1. The quantitative estimate of drug-likeness (QED) is 0.583. The molecule has 98 valence electrons. The fraction of sp³-hybridized carbons (Fsp3) is 0.364. The van der Waals surface area contributed by atoms with E-state index in [9.17, 15) is 0 Å². The molecule has 0 unspecified atom stereocenters. The molecule has 0 amide bonds. The van der Waals surface area contributed by atoms with E-state index < -0.39 is 0 Å². The first-order chi connectivity index (χ1) is 7.26. The van der Waals surface area contributed by atoms with E-state index in [1.54, 1.807) is 0 Å². The average Bonchev–Trinajstić information content (AvgIpc) is 2.26. The third kappa shape index (κ3) is 7.05. The van der Waals surface area contributed by atoms with E-state index in [2.05, 4.69) is 17.2 Å². The Kier molecular flexibility index (Phi) is 11.0. The molecule has 0 fully saturated rings. The number of nitrogens with one attached hydrogen (secondary N) is 1. The molecule has 0 bridgehead atoms. The second-order valence-corrected chi connectivity index (χ2v) is 3.30. The Morgan fingerprint density at radius 2 is 2.06 bits per heavy atom. The third-order valence-corrected chi connectivity index (χ3v) is 1.94. The molecule has 0 aliphatic heterocycles. The molecule has 5 N–H and O–H groups in total. The van der Waals surface area contributed by atoms with Gasteiger partial charge in [0.25, 0.3) is 0 Å². The molecule has 0 radical (unpaired) electrons. The van der Waals surface area contributed by atoms with E-state index in [4.69, 9.17) is 11.5 Å². The van der Waals surface area contributed by atoms with Crippen LogP contribution in [0.1, 0.15) is 18.9 Å². The lowest BCUT2D eigenvalue weighted by molar-refractivity contribution is 0.929. The summed E-state index contributed by atoms with van der Waals surface area (Å²) in [4.78, 5) is 4.15. The molecule has 0 aliphatic rings. The van der Waals surface area contributed by atoms with Gasteiger partial charge in [-0.3, -0.25) is 4.99 Å². The molecular weight excluding hydrogens is 259 g/mol. The van der Waals surface area contributed by atoms with Crippen molar-refractivity contribution in [1.29, 1.82) is 0 Å². The van der Waals surface area contributed by atoms with Crippen LogP contribution in [-0.2, 0) is 6.54 Å². The van der Waals surface area contributed by atoms with E-state index in [0.717, 1.165) is 24.2 Å². The molecule has 4 nitrogen and oxygen atoms in total. The Morgan fingerprint density at radius 3 is 2.65 bits per heavy atom. The van der Waals surface area contributed by atoms with Crippen LogP contribution in [0.5, 0.6) is 0 Å². The van der Waals surface area contributed by atoms with Crippen LogP contribution in [0, 0.1) is 0 Å². The molecule has 0 saturated heterocycles. The number of guanidine groups is 1. The third-order valence-electron chi connectivity index (χ3n) is 1.94. The van der Waals surface area contributed by atoms with Crippen molar-refractivity contribution < 1.29 is 0 Å². The molecular formula is C11H20Cl2N4. The first kappa shape index (κ1) is 18.4. The molecule has 0 spiro atoms. The molecule has 0 atom stereocenters. The number of hydrogen-bond acceptors (Lipinski definition) is 2. The zero-order chi connectivity index (χ0) is 11.1. The number of nitrogens with zero attached hydrogens (tertiary/aromatic N) is 1. The summed E-state index contributed by atoms with van der Waals surface area (Å²) in [6.07, 6.45) is 0.991. The summed E-state index contributed by atoms with van der Waals surface area (Å²) in [5.41, 5.74) is 13.2. The SMILES string of the molecule is CCCN=C(N)Nc1cccc(CN)c1.Cl.Cl. The second-order valence-electron chi connectivity index (χ2n) is 3.30. The van der Waals surface area contributed by atoms with Gasteiger partial charge in [-0.05, 0) is 24.1 Å². The Morgan fingerprint density at radius 1 is 1.35 bits per heavy atom. The summed E-state index contributed by atoms with van der Waals surface area (Å²) < 4.78 is 0. The Balaban J connectivity index is 0. The van der Waals surface area contributed by atoms with E-state index in [1.165, 1.54) is 0 Å². The fourth-order valence-corrected chi connectivity index (χ4v) is 1.20. The molecule has 0 heterocycles. The summed E-state index contributed by atoms with van der Waals surface area (Å²) in [6, 6.07) is 7.82. The van der Waals surface area contributed by atoms with E-state index in [1.807, 2.05) is 24.3 Å². The van der Waals surface area contributed by atoms with Crippen molar-refractivity contribution in [3.05, 3.63) is 29.8 Å². The number of rotatable bonds is 4. The molecule has 0 saturated carbocycles. The lowest BCUT2D eigenvalue weighted by Gasteiger charge is -2.06. The minimum atomic E-state index is 0. The van der Waals surface area contributed by atoms with Gasteiger partial charge in [0.05, 0.1) is 0 Å². The van der Waals surface area contributed by atoms with Crippen molar-refractivity contribution in [2.75, 3.05) is 11.9 Å². The van der Waals surface area contributed by atoms with Gasteiger partial charge in [-0.1, -0.05) is 19.1 Å². The zero-order valence-corrected chi connectivity index (χ0v) is 11.5. The zero-order valence-electron chi connectivity index (χ0n) is 9.85. The highest BCUT2D eigenvalue weighted by atomic mass is 35.5. The van der Waals surface area contributed by atoms with Crippen molar-refractivity contribution in [3.8, 4) is 0 Å². The molecule has 6 heteroatoms. The van der Waals surface area contributed by atoms with Gasteiger partial charge in [0.15, 0.2) is 5.96 Å². The van der Waals surface area contributed by atoms with Crippen molar-refractivity contribution >= 4 is 36.5 Å². The smallest absolute Gasteiger partial charge is 0.193 e. The lowest BCUT2D eigenvalue weighted by atomic mass is 10.2. The van der Waals surface area contributed by atoms with Gasteiger partial charge in [-0.2, -0.15) is 0 Å². The minimum Gasteiger partial charge on any atom is -0.370 e. The van der Waals surface area contributed by atoms with Crippen LogP contribution in [0.4, 0.5) is 5.69 Å². The number of halogens is 2. The number of aliphatic imine (C=N–C) groups is 1. The minimum absolute atomic E-state index is 0. The van der Waals surface area contributed by atoms with E-state index >= 15 is 0 Å². The van der Waals surface area contributed by atoms with Crippen LogP contribution in [-0.4, -0.2) is 12.5 Å². The van der Waals surface area contributed by atoms with Crippen LogP contribution in [0.15, 0.2) is 29.3 Å². The van der Waals surface area contributed by atoms with Gasteiger partial charge in [-0.15, -0.1) is 24.8 Å². The molecule has 0 aromatic heterocycles. The van der Waals surface area contributed by atoms with Gasteiger partial charge >= 0.3 is 0 Å². The van der Waals surface area contributed by atoms with Crippen LogP contribution < -0.4 is 16.8 Å². The van der Waals surface area contributed by atoms with Crippen LogP contribution >= 0.6 is 24.8 Å². The van der Waals surface area contributed by atoms with Crippen molar-refractivity contribution in [1.82, 2.24) is 0 Å². The standard InChI is InChI=1S/C11H18N4.2ClH/c1-2-6-14-11(13)15-10-5-3-4-9(7-10)8-12;;/h3-5,7H,2,6,8,12H2,1H3,(H3,13,14,15);2*1H. The van der Waals surface area contributed by atoms with E-state index in [-0.39, 0.29) is 24.8 Å². The molecule has 17 heavy (non-hydrogen) atoms. The number of hydrogen-bond donors (Lipinski definition) is 3. The van der Waals surface area contributed by atoms with Crippen LogP contribution in [0.25, 0.3) is 0 Å². The maximum absolute atomic E-state index is 5.69. The normalized spacial score (nSPS) is 10.1. The highest BCUT2D eigenvalue weighted by Crippen LogP contribution is 2.09. The largest absolute Gasteiger partial charge is 0.370 e. The highest BCUT2D eigenvalue weighted by Gasteiger charge is 1.95. The predicted octanol–water partition coefficient (Wildman–Crippen LogP) is 2.13. The maximum atomic E-state index is 5.69. The van der Waals surface area contributed by atoms with Gasteiger partial charge in [0, 0.05) is 18.8 Å². The number of nitrogens with two attached hydrogens (primary N) is 2. The Hall–Kier alpha value is -0.970. The topological polar surface area (TPSA) is 76.4 Å². The summed E-state index contributed by atoms with van der Waals surface area (Å²) in [5, 5.41) is 3.02. The van der Waals surface area contributed by atoms with Gasteiger partial charge in [0.1, 0.15) is 0 Å². The predicted molar refractivity (Wildman–Crippen MR) is 79.2 cm³/mol. The fourth-order valence-electron chi connectivity index (χ4n) is 1.20. The molecule has 1 aromatic rings. The highest BCUT2D eigenvalue weighted by molar-refractivity contribution is 5.92. The first-order valence-electron chi connectivity index (χ1n) is 5.12. The van der Waals surface area contributed by atoms with Crippen molar-refractivity contribution in [2.24, 2.45) is 16.5 Å². The molecule has 1 aromatic carbocycles. The van der Waals surface area contributed by atoms with Crippen LogP contribution in [0.3, 0.4) is 0 Å². The van der Waals surface area contributed by atoms with Crippen LogP contribution in [0.2, 0.25) is 0 Å². The first-order valence-corrected chi connectivity index (χ1v) is 5.12. The Bertz CT molecular complexity index is 342. The summed E-state index contributed by atoms with van der Waals surface area (Å²) >= 11 is 0. The lowest BCUT2D eigenvalue weighted by Crippen LogP contribution is -2.22. The monoisotopic (exact) mass is 278 g/mol.